The second kappa shape index (κ2) is 4.49. The van der Waals surface area contributed by atoms with E-state index in [0.29, 0.717) is 5.66 Å². The van der Waals surface area contributed by atoms with Crippen molar-refractivity contribution in [2.24, 2.45) is 5.92 Å². The summed E-state index contributed by atoms with van der Waals surface area (Å²) in [5.74, 6) is 1.01. The molecular formula is C16H28N2. The Balaban J connectivity index is 1.63. The Morgan fingerprint density at radius 2 is 1.50 bits per heavy atom. The van der Waals surface area contributed by atoms with Gasteiger partial charge in [0, 0.05) is 25.7 Å². The molecule has 102 valence electrons. The van der Waals surface area contributed by atoms with Crippen molar-refractivity contribution in [2.45, 2.75) is 75.9 Å². The molecule has 18 heavy (non-hydrogen) atoms. The number of piperidine rings is 1. The van der Waals surface area contributed by atoms with Gasteiger partial charge in [0.2, 0.25) is 0 Å². The van der Waals surface area contributed by atoms with E-state index in [1.807, 2.05) is 0 Å². The zero-order valence-corrected chi connectivity index (χ0v) is 11.7. The van der Waals surface area contributed by atoms with Gasteiger partial charge >= 0.3 is 0 Å². The van der Waals surface area contributed by atoms with E-state index >= 15 is 0 Å². The Labute approximate surface area is 112 Å². The summed E-state index contributed by atoms with van der Waals surface area (Å²) in [5.41, 5.74) is 0.528. The molecule has 2 aliphatic carbocycles. The first-order chi connectivity index (χ1) is 8.91. The highest BCUT2D eigenvalue weighted by atomic mass is 15.4. The maximum Gasteiger partial charge on any atom is 0.0769 e. The van der Waals surface area contributed by atoms with E-state index in [9.17, 15) is 0 Å². The van der Waals surface area contributed by atoms with E-state index in [1.54, 1.807) is 0 Å². The van der Waals surface area contributed by atoms with Crippen LogP contribution in [-0.4, -0.2) is 41.1 Å². The molecule has 0 amide bonds. The number of hydrogen-bond acceptors (Lipinski definition) is 2. The van der Waals surface area contributed by atoms with Crippen LogP contribution in [-0.2, 0) is 0 Å². The zero-order chi connectivity index (χ0) is 12.0. The topological polar surface area (TPSA) is 6.48 Å². The highest BCUT2D eigenvalue weighted by Crippen LogP contribution is 2.50. The quantitative estimate of drug-likeness (QED) is 0.756. The van der Waals surface area contributed by atoms with Crippen molar-refractivity contribution >= 4 is 0 Å². The third-order valence-electron chi connectivity index (χ3n) is 6.37. The van der Waals surface area contributed by atoms with E-state index in [2.05, 4.69) is 9.80 Å². The molecule has 1 unspecified atom stereocenters. The zero-order valence-electron chi connectivity index (χ0n) is 11.7. The summed E-state index contributed by atoms with van der Waals surface area (Å²) in [4.78, 5) is 5.89. The van der Waals surface area contributed by atoms with Gasteiger partial charge in [0.1, 0.15) is 0 Å². The second-order valence-electron chi connectivity index (χ2n) is 7.08. The standard InChI is InChI=1S/C16H28N2/c1-2-13-18(15-8-4-9-15)16(10-1,14-6-3-7-14)17-11-5-12-17/h14-15H,1-13H2. The Bertz CT molecular complexity index is 288. The van der Waals surface area contributed by atoms with E-state index < -0.39 is 0 Å². The van der Waals surface area contributed by atoms with Crippen molar-refractivity contribution in [3.8, 4) is 0 Å². The van der Waals surface area contributed by atoms with Gasteiger partial charge in [-0.3, -0.25) is 9.80 Å². The van der Waals surface area contributed by atoms with Crippen molar-refractivity contribution in [3.63, 3.8) is 0 Å². The third-order valence-corrected chi connectivity index (χ3v) is 6.37. The Morgan fingerprint density at radius 1 is 0.722 bits per heavy atom. The number of likely N-dealkylation sites (tertiary alicyclic amines) is 2. The van der Waals surface area contributed by atoms with E-state index in [-0.39, 0.29) is 0 Å². The summed E-state index contributed by atoms with van der Waals surface area (Å²) in [7, 11) is 0. The monoisotopic (exact) mass is 248 g/mol. The predicted octanol–water partition coefficient (Wildman–Crippen LogP) is 3.23. The molecule has 2 heteroatoms. The molecule has 0 N–H and O–H groups in total. The number of rotatable bonds is 3. The molecule has 2 aliphatic heterocycles. The average Bonchev–Trinajstić information content (AvgIpc) is 2.13. The van der Waals surface area contributed by atoms with E-state index in [4.69, 9.17) is 0 Å². The van der Waals surface area contributed by atoms with Gasteiger partial charge in [0.25, 0.3) is 0 Å². The van der Waals surface area contributed by atoms with Crippen LogP contribution in [0.25, 0.3) is 0 Å². The summed E-state index contributed by atoms with van der Waals surface area (Å²) in [5, 5.41) is 0. The Hall–Kier alpha value is -0.0800. The first-order valence-electron chi connectivity index (χ1n) is 8.43. The van der Waals surface area contributed by atoms with Crippen LogP contribution >= 0.6 is 0 Å². The maximum atomic E-state index is 3.00. The van der Waals surface area contributed by atoms with Crippen molar-refractivity contribution in [2.75, 3.05) is 19.6 Å². The first-order valence-corrected chi connectivity index (χ1v) is 8.43. The van der Waals surface area contributed by atoms with Gasteiger partial charge < -0.3 is 0 Å². The third kappa shape index (κ3) is 1.54. The van der Waals surface area contributed by atoms with Crippen LogP contribution in [0, 0.1) is 5.92 Å². The van der Waals surface area contributed by atoms with Crippen molar-refractivity contribution < 1.29 is 0 Å². The minimum atomic E-state index is 0.528. The van der Waals surface area contributed by atoms with Crippen molar-refractivity contribution in [1.82, 2.24) is 9.80 Å². The summed E-state index contributed by atoms with van der Waals surface area (Å²) in [6.45, 7) is 4.18. The van der Waals surface area contributed by atoms with E-state index in [0.717, 1.165) is 12.0 Å². The predicted molar refractivity (Wildman–Crippen MR) is 74.5 cm³/mol. The molecule has 2 saturated carbocycles. The maximum absolute atomic E-state index is 3.00. The molecule has 4 rings (SSSR count). The van der Waals surface area contributed by atoms with Crippen LogP contribution in [0.5, 0.6) is 0 Å². The van der Waals surface area contributed by atoms with Gasteiger partial charge in [-0.2, -0.15) is 0 Å². The normalized spacial score (nSPS) is 40.0. The minimum Gasteiger partial charge on any atom is -0.285 e. The molecule has 4 aliphatic rings. The first kappa shape index (κ1) is 11.7. The van der Waals surface area contributed by atoms with Gasteiger partial charge in [0.05, 0.1) is 5.66 Å². The molecule has 0 radical (unpaired) electrons. The number of nitrogens with zero attached hydrogens (tertiary/aromatic N) is 2. The Kier molecular flexibility index (Phi) is 2.92. The lowest BCUT2D eigenvalue weighted by Crippen LogP contribution is -2.73. The molecule has 0 aromatic carbocycles. The number of hydrogen-bond donors (Lipinski definition) is 0. The van der Waals surface area contributed by atoms with Crippen LogP contribution in [0.2, 0.25) is 0 Å². The largest absolute Gasteiger partial charge is 0.285 e. The van der Waals surface area contributed by atoms with Gasteiger partial charge in [-0.1, -0.05) is 12.8 Å². The highest BCUT2D eigenvalue weighted by Gasteiger charge is 2.54. The average molecular weight is 248 g/mol. The van der Waals surface area contributed by atoms with E-state index in [1.165, 1.54) is 83.8 Å². The van der Waals surface area contributed by atoms with Gasteiger partial charge in [-0.25, -0.2) is 0 Å². The summed E-state index contributed by atoms with van der Waals surface area (Å²) < 4.78 is 0. The SMILES string of the molecule is C1CC(N2CCCCC2(C2CCC2)N2CCC2)C1. The molecule has 1 atom stereocenters. The smallest absolute Gasteiger partial charge is 0.0769 e. The lowest BCUT2D eigenvalue weighted by atomic mass is 9.68. The lowest BCUT2D eigenvalue weighted by molar-refractivity contribution is -0.189. The van der Waals surface area contributed by atoms with Crippen LogP contribution in [0.3, 0.4) is 0 Å². The van der Waals surface area contributed by atoms with Gasteiger partial charge in [-0.05, 0) is 57.3 Å². The molecule has 0 aromatic heterocycles. The van der Waals surface area contributed by atoms with Gasteiger partial charge in [0.15, 0.2) is 0 Å². The fraction of sp³-hybridized carbons (Fsp3) is 1.00. The molecule has 0 spiro atoms. The van der Waals surface area contributed by atoms with Crippen LogP contribution in [0.1, 0.15) is 64.2 Å². The van der Waals surface area contributed by atoms with Crippen molar-refractivity contribution in [1.29, 1.82) is 0 Å². The molecular weight excluding hydrogens is 220 g/mol. The van der Waals surface area contributed by atoms with Crippen LogP contribution < -0.4 is 0 Å². The highest BCUT2D eigenvalue weighted by molar-refractivity contribution is 5.05. The molecule has 2 saturated heterocycles. The summed E-state index contributed by atoms with van der Waals surface area (Å²) >= 11 is 0. The molecule has 4 fully saturated rings. The Morgan fingerprint density at radius 3 is 2.00 bits per heavy atom. The molecule has 0 aromatic rings. The summed E-state index contributed by atoms with van der Waals surface area (Å²) in [6, 6.07) is 0.950. The molecule has 0 bridgehead atoms. The lowest BCUT2D eigenvalue weighted by Gasteiger charge is -2.65. The summed E-state index contributed by atoms with van der Waals surface area (Å²) in [6.07, 6.45) is 14.9. The van der Waals surface area contributed by atoms with Gasteiger partial charge in [-0.15, -0.1) is 0 Å². The van der Waals surface area contributed by atoms with Crippen molar-refractivity contribution in [3.05, 3.63) is 0 Å². The minimum absolute atomic E-state index is 0.528. The second-order valence-corrected chi connectivity index (χ2v) is 7.08. The van der Waals surface area contributed by atoms with Crippen LogP contribution in [0.4, 0.5) is 0 Å². The fourth-order valence-corrected chi connectivity index (χ4v) is 4.81. The fourth-order valence-electron chi connectivity index (χ4n) is 4.81. The van der Waals surface area contributed by atoms with Crippen LogP contribution in [0.15, 0.2) is 0 Å². The molecule has 2 nitrogen and oxygen atoms in total. The molecule has 2 heterocycles.